The fourth-order valence-electron chi connectivity index (χ4n) is 4.50. The van der Waals surface area contributed by atoms with Crippen LogP contribution in [0, 0.1) is 5.92 Å². The summed E-state index contributed by atoms with van der Waals surface area (Å²) in [5.41, 5.74) is 1.96. The Bertz CT molecular complexity index is 464. The standard InChI is InChI=1S/C18H27NO.BrH/c1-19-12-9-15-6-3-4-10-18(15,11-13-19)16-7-5-8-17(14-16)20-2;/h5,7-8,14-15H,3-4,6,9-13H2,1-2H3;1H. The third-order valence-electron chi connectivity index (χ3n) is 5.77. The number of fused-ring (bicyclic) bond motifs is 1. The first-order valence-electron chi connectivity index (χ1n) is 8.20. The maximum Gasteiger partial charge on any atom is 0.119 e. The van der Waals surface area contributed by atoms with Gasteiger partial charge in [0.2, 0.25) is 0 Å². The summed E-state index contributed by atoms with van der Waals surface area (Å²) in [5, 5.41) is 0. The largest absolute Gasteiger partial charge is 1.00 e. The quantitative estimate of drug-likeness (QED) is 0.752. The Morgan fingerprint density at radius 2 is 2.00 bits per heavy atom. The van der Waals surface area contributed by atoms with Gasteiger partial charge in [0.15, 0.2) is 0 Å². The fourth-order valence-corrected chi connectivity index (χ4v) is 4.50. The van der Waals surface area contributed by atoms with Crippen LogP contribution in [0.3, 0.4) is 0 Å². The zero-order valence-corrected chi connectivity index (χ0v) is 14.9. The van der Waals surface area contributed by atoms with Gasteiger partial charge in [0, 0.05) is 18.3 Å². The minimum Gasteiger partial charge on any atom is -1.00 e. The lowest BCUT2D eigenvalue weighted by atomic mass is 9.60. The third-order valence-corrected chi connectivity index (χ3v) is 5.77. The van der Waals surface area contributed by atoms with Crippen molar-refractivity contribution in [2.75, 3.05) is 27.2 Å². The predicted molar refractivity (Wildman–Crippen MR) is 82.5 cm³/mol. The number of likely N-dealkylation sites (tertiary alicyclic amines) is 1. The van der Waals surface area contributed by atoms with E-state index in [0.717, 1.165) is 11.7 Å². The molecular formula is C18H28BrNO. The lowest BCUT2D eigenvalue weighted by molar-refractivity contribution is -0.879. The van der Waals surface area contributed by atoms with E-state index in [1.54, 1.807) is 12.0 Å². The number of ether oxygens (including phenoxy) is 1. The van der Waals surface area contributed by atoms with Crippen molar-refractivity contribution in [1.29, 1.82) is 0 Å². The molecule has 1 saturated carbocycles. The zero-order valence-electron chi connectivity index (χ0n) is 13.3. The number of hydrogen-bond donors (Lipinski definition) is 1. The Labute approximate surface area is 139 Å². The highest BCUT2D eigenvalue weighted by Crippen LogP contribution is 2.48. The summed E-state index contributed by atoms with van der Waals surface area (Å²) in [6.07, 6.45) is 8.35. The zero-order chi connectivity index (χ0) is 14.0. The molecule has 21 heavy (non-hydrogen) atoms. The Balaban J connectivity index is 0.00000161. The minimum absolute atomic E-state index is 0. The summed E-state index contributed by atoms with van der Waals surface area (Å²) in [7, 11) is 4.14. The highest BCUT2D eigenvalue weighted by atomic mass is 79.9. The van der Waals surface area contributed by atoms with Crippen molar-refractivity contribution in [1.82, 2.24) is 0 Å². The van der Waals surface area contributed by atoms with Gasteiger partial charge in [-0.3, -0.25) is 0 Å². The van der Waals surface area contributed by atoms with Crippen LogP contribution in [-0.2, 0) is 5.41 Å². The second kappa shape index (κ2) is 7.15. The lowest BCUT2D eigenvalue weighted by Crippen LogP contribution is -3.08. The highest BCUT2D eigenvalue weighted by molar-refractivity contribution is 5.35. The van der Waals surface area contributed by atoms with Crippen LogP contribution >= 0.6 is 0 Å². The van der Waals surface area contributed by atoms with Gasteiger partial charge in [-0.15, -0.1) is 0 Å². The Hall–Kier alpha value is -0.540. The van der Waals surface area contributed by atoms with Crippen LogP contribution in [0.15, 0.2) is 24.3 Å². The average Bonchev–Trinajstić information content (AvgIpc) is 2.68. The van der Waals surface area contributed by atoms with Crippen LogP contribution in [0.4, 0.5) is 0 Å². The van der Waals surface area contributed by atoms with Gasteiger partial charge in [0.05, 0.1) is 27.2 Å². The lowest BCUT2D eigenvalue weighted by Gasteiger charge is -2.43. The van der Waals surface area contributed by atoms with E-state index in [0.29, 0.717) is 5.41 Å². The van der Waals surface area contributed by atoms with Crippen molar-refractivity contribution in [2.45, 2.75) is 43.9 Å². The predicted octanol–water partition coefficient (Wildman–Crippen LogP) is -0.564. The second-order valence-corrected chi connectivity index (χ2v) is 6.83. The summed E-state index contributed by atoms with van der Waals surface area (Å²) in [6, 6.07) is 8.91. The van der Waals surface area contributed by atoms with Gasteiger partial charge in [-0.25, -0.2) is 0 Å². The van der Waals surface area contributed by atoms with Crippen LogP contribution in [0.2, 0.25) is 0 Å². The number of hydrogen-bond acceptors (Lipinski definition) is 1. The molecule has 2 fully saturated rings. The number of halogens is 1. The molecule has 0 radical (unpaired) electrons. The van der Waals surface area contributed by atoms with E-state index in [-0.39, 0.29) is 17.0 Å². The van der Waals surface area contributed by atoms with Gasteiger partial charge in [0.25, 0.3) is 0 Å². The topological polar surface area (TPSA) is 13.7 Å². The van der Waals surface area contributed by atoms with Crippen molar-refractivity contribution in [3.05, 3.63) is 29.8 Å². The van der Waals surface area contributed by atoms with E-state index in [1.807, 2.05) is 0 Å². The number of methoxy groups -OCH3 is 1. The van der Waals surface area contributed by atoms with Crippen molar-refractivity contribution >= 4 is 0 Å². The molecule has 1 aromatic rings. The van der Waals surface area contributed by atoms with Crippen molar-refractivity contribution in [3.8, 4) is 5.75 Å². The smallest absolute Gasteiger partial charge is 0.119 e. The molecule has 3 atom stereocenters. The number of rotatable bonds is 2. The molecule has 0 bridgehead atoms. The van der Waals surface area contributed by atoms with Crippen LogP contribution < -0.4 is 26.6 Å². The van der Waals surface area contributed by atoms with Crippen molar-refractivity contribution in [3.63, 3.8) is 0 Å². The molecule has 3 unspecified atom stereocenters. The molecule has 1 N–H and O–H groups in total. The van der Waals surface area contributed by atoms with Gasteiger partial charge in [0.1, 0.15) is 5.75 Å². The molecule has 0 amide bonds. The number of nitrogens with one attached hydrogen (secondary N) is 1. The SMILES string of the molecule is COc1cccc(C23CCCCC2CC[NH+](C)CC3)c1.[Br-]. The molecule has 3 rings (SSSR count). The summed E-state index contributed by atoms with van der Waals surface area (Å²) < 4.78 is 5.47. The van der Waals surface area contributed by atoms with Crippen LogP contribution in [0.5, 0.6) is 5.75 Å². The maximum atomic E-state index is 5.47. The fraction of sp³-hybridized carbons (Fsp3) is 0.667. The summed E-state index contributed by atoms with van der Waals surface area (Å²) in [4.78, 5) is 1.71. The number of benzene rings is 1. The molecule has 0 aromatic heterocycles. The van der Waals surface area contributed by atoms with Crippen LogP contribution in [0.25, 0.3) is 0 Å². The van der Waals surface area contributed by atoms with E-state index in [1.165, 1.54) is 57.2 Å². The molecule has 1 aliphatic carbocycles. The maximum absolute atomic E-state index is 5.47. The molecule has 1 aliphatic heterocycles. The van der Waals surface area contributed by atoms with Crippen LogP contribution in [-0.4, -0.2) is 27.2 Å². The van der Waals surface area contributed by atoms with E-state index >= 15 is 0 Å². The Morgan fingerprint density at radius 3 is 2.81 bits per heavy atom. The van der Waals surface area contributed by atoms with E-state index in [2.05, 4.69) is 31.3 Å². The highest BCUT2D eigenvalue weighted by Gasteiger charge is 2.44. The molecule has 1 aromatic carbocycles. The molecule has 1 saturated heterocycles. The first kappa shape index (κ1) is 16.8. The Kier molecular flexibility index (Phi) is 5.73. The van der Waals surface area contributed by atoms with E-state index in [4.69, 9.17) is 4.74 Å². The first-order chi connectivity index (χ1) is 9.74. The summed E-state index contributed by atoms with van der Waals surface area (Å²) >= 11 is 0. The minimum atomic E-state index is 0. The molecule has 1 heterocycles. The summed E-state index contributed by atoms with van der Waals surface area (Å²) in [6.45, 7) is 2.66. The molecule has 118 valence electrons. The molecule has 0 spiro atoms. The average molecular weight is 354 g/mol. The first-order valence-corrected chi connectivity index (χ1v) is 8.20. The number of quaternary nitrogens is 1. The molecular weight excluding hydrogens is 326 g/mol. The summed E-state index contributed by atoms with van der Waals surface area (Å²) in [5.74, 6) is 1.90. The van der Waals surface area contributed by atoms with Crippen molar-refractivity contribution < 1.29 is 26.6 Å². The monoisotopic (exact) mass is 353 g/mol. The van der Waals surface area contributed by atoms with Gasteiger partial charge < -0.3 is 26.6 Å². The van der Waals surface area contributed by atoms with Gasteiger partial charge in [-0.1, -0.05) is 25.0 Å². The van der Waals surface area contributed by atoms with Gasteiger partial charge in [-0.2, -0.15) is 0 Å². The molecule has 2 aliphatic rings. The van der Waals surface area contributed by atoms with E-state index < -0.39 is 0 Å². The van der Waals surface area contributed by atoms with Crippen molar-refractivity contribution in [2.24, 2.45) is 5.92 Å². The van der Waals surface area contributed by atoms with E-state index in [9.17, 15) is 0 Å². The third kappa shape index (κ3) is 3.29. The van der Waals surface area contributed by atoms with Gasteiger partial charge in [-0.05, 0) is 36.5 Å². The van der Waals surface area contributed by atoms with Crippen LogP contribution in [0.1, 0.15) is 44.1 Å². The normalized spacial score (nSPS) is 32.5. The van der Waals surface area contributed by atoms with Gasteiger partial charge >= 0.3 is 0 Å². The second-order valence-electron chi connectivity index (χ2n) is 6.83. The Morgan fingerprint density at radius 1 is 1.14 bits per heavy atom. The molecule has 2 nitrogen and oxygen atoms in total. The molecule has 3 heteroatoms.